The Balaban J connectivity index is 0.000000172. The Bertz CT molecular complexity index is 1450. The van der Waals surface area contributed by atoms with Gasteiger partial charge in [0.2, 0.25) is 0 Å². The number of hydrogen-bond acceptors (Lipinski definition) is 5. The molecule has 3 heterocycles. The molecule has 0 spiro atoms. The van der Waals surface area contributed by atoms with Gasteiger partial charge < -0.3 is 10.4 Å². The molecule has 5 rings (SSSR count). The van der Waals surface area contributed by atoms with Crippen LogP contribution >= 0.6 is 45.9 Å². The molecule has 9 heteroatoms. The number of carbonyl (C=O) groups excluding carboxylic acids is 1. The fourth-order valence-electron chi connectivity index (χ4n) is 3.07. The van der Waals surface area contributed by atoms with Gasteiger partial charge in [0.1, 0.15) is 9.75 Å². The molecule has 1 amide bonds. The molecule has 0 atom stereocenters. The Labute approximate surface area is 207 Å². The number of carboxylic acids is 1. The average molecular weight is 515 g/mol. The summed E-state index contributed by atoms with van der Waals surface area (Å²) in [7, 11) is 0. The monoisotopic (exact) mass is 514 g/mol. The van der Waals surface area contributed by atoms with E-state index in [-0.39, 0.29) is 10.8 Å². The van der Waals surface area contributed by atoms with E-state index in [1.807, 2.05) is 60.7 Å². The van der Waals surface area contributed by atoms with Gasteiger partial charge >= 0.3 is 5.97 Å². The van der Waals surface area contributed by atoms with Crippen molar-refractivity contribution in [3.8, 4) is 0 Å². The van der Waals surface area contributed by atoms with Crippen LogP contribution in [0.4, 0.5) is 0 Å². The van der Waals surface area contributed by atoms with Crippen molar-refractivity contribution in [2.45, 2.75) is 6.54 Å². The predicted molar refractivity (Wildman–Crippen MR) is 136 cm³/mol. The van der Waals surface area contributed by atoms with Crippen molar-refractivity contribution in [1.29, 1.82) is 0 Å². The number of benzene rings is 2. The molecule has 2 N–H and O–H groups in total. The van der Waals surface area contributed by atoms with Gasteiger partial charge in [-0.15, -0.1) is 22.7 Å². The molecule has 166 valence electrons. The first kappa shape index (κ1) is 23.2. The number of halogens is 2. The zero-order valence-electron chi connectivity index (χ0n) is 16.9. The lowest BCUT2D eigenvalue weighted by Crippen LogP contribution is -2.22. The second kappa shape index (κ2) is 10.3. The molecule has 0 fully saturated rings. The van der Waals surface area contributed by atoms with Crippen molar-refractivity contribution in [3.63, 3.8) is 0 Å². The van der Waals surface area contributed by atoms with Gasteiger partial charge in [-0.1, -0.05) is 59.6 Å². The van der Waals surface area contributed by atoms with E-state index in [2.05, 4.69) is 10.3 Å². The van der Waals surface area contributed by atoms with Gasteiger partial charge in [-0.3, -0.25) is 9.78 Å². The van der Waals surface area contributed by atoms with Gasteiger partial charge in [0, 0.05) is 39.1 Å². The van der Waals surface area contributed by atoms with Crippen molar-refractivity contribution >= 4 is 77.9 Å². The van der Waals surface area contributed by atoms with Crippen LogP contribution in [0.5, 0.6) is 0 Å². The van der Waals surface area contributed by atoms with Crippen molar-refractivity contribution in [1.82, 2.24) is 10.3 Å². The zero-order valence-corrected chi connectivity index (χ0v) is 20.1. The van der Waals surface area contributed by atoms with Crippen molar-refractivity contribution in [2.75, 3.05) is 0 Å². The van der Waals surface area contributed by atoms with Crippen molar-refractivity contribution < 1.29 is 14.7 Å². The predicted octanol–water partition coefficient (Wildman–Crippen LogP) is 7.13. The molecule has 0 saturated heterocycles. The minimum absolute atomic E-state index is 0.145. The first-order valence-electron chi connectivity index (χ1n) is 9.70. The Morgan fingerprint density at radius 3 is 1.88 bits per heavy atom. The molecule has 33 heavy (non-hydrogen) atoms. The van der Waals surface area contributed by atoms with Gasteiger partial charge in [0.25, 0.3) is 5.91 Å². The van der Waals surface area contributed by atoms with Crippen LogP contribution in [0.1, 0.15) is 24.9 Å². The average Bonchev–Trinajstić information content (AvgIpc) is 3.36. The fourth-order valence-corrected chi connectivity index (χ4v) is 5.86. The molecule has 5 nitrogen and oxygen atoms in total. The van der Waals surface area contributed by atoms with E-state index >= 15 is 0 Å². The minimum atomic E-state index is -0.966. The second-order valence-electron chi connectivity index (χ2n) is 6.83. The fraction of sp³-hybridized carbons (Fsp3) is 0.0417. The van der Waals surface area contributed by atoms with E-state index in [4.69, 9.17) is 28.3 Å². The highest BCUT2D eigenvalue weighted by Gasteiger charge is 2.16. The van der Waals surface area contributed by atoms with Crippen LogP contribution in [0, 0.1) is 0 Å². The number of thiophene rings is 2. The summed E-state index contributed by atoms with van der Waals surface area (Å²) in [4.78, 5) is 27.6. The molecule has 0 aliphatic heterocycles. The third-order valence-electron chi connectivity index (χ3n) is 4.67. The molecule has 0 aliphatic rings. The number of aromatic nitrogens is 1. The quantitative estimate of drug-likeness (QED) is 0.267. The highest BCUT2D eigenvalue weighted by Crippen LogP contribution is 2.35. The largest absolute Gasteiger partial charge is 0.477 e. The maximum absolute atomic E-state index is 12.2. The van der Waals surface area contributed by atoms with E-state index in [0.29, 0.717) is 21.5 Å². The van der Waals surface area contributed by atoms with Crippen molar-refractivity contribution in [3.05, 3.63) is 98.4 Å². The summed E-state index contributed by atoms with van der Waals surface area (Å²) >= 11 is 14.8. The number of hydrogen-bond donors (Lipinski definition) is 2. The maximum atomic E-state index is 12.2. The van der Waals surface area contributed by atoms with Gasteiger partial charge in [-0.05, 0) is 29.8 Å². The maximum Gasteiger partial charge on any atom is 0.347 e. The highest BCUT2D eigenvalue weighted by atomic mass is 35.5. The van der Waals surface area contributed by atoms with E-state index in [0.717, 1.165) is 25.7 Å². The van der Waals surface area contributed by atoms with Crippen LogP contribution in [0.2, 0.25) is 10.0 Å². The molecular weight excluding hydrogens is 499 g/mol. The third kappa shape index (κ3) is 5.17. The van der Waals surface area contributed by atoms with Gasteiger partial charge in [-0.25, -0.2) is 4.79 Å². The molecular formula is C24H16Cl2N2O3S2. The lowest BCUT2D eigenvalue weighted by atomic mass is 10.2. The number of amides is 1. The molecule has 0 radical (unpaired) electrons. The Morgan fingerprint density at radius 1 is 0.818 bits per heavy atom. The summed E-state index contributed by atoms with van der Waals surface area (Å²) in [5.41, 5.74) is 1.01. The van der Waals surface area contributed by atoms with Crippen LogP contribution in [0.15, 0.2) is 73.1 Å². The molecule has 0 unspecified atom stereocenters. The lowest BCUT2D eigenvalue weighted by molar-refractivity contribution is 0.0702. The minimum Gasteiger partial charge on any atom is -0.477 e. The summed E-state index contributed by atoms with van der Waals surface area (Å²) in [6, 6.07) is 18.9. The summed E-state index contributed by atoms with van der Waals surface area (Å²) in [6.45, 7) is 0.464. The first-order valence-corrected chi connectivity index (χ1v) is 12.1. The van der Waals surface area contributed by atoms with E-state index in [9.17, 15) is 9.59 Å². The van der Waals surface area contributed by atoms with Crippen LogP contribution in [-0.4, -0.2) is 22.0 Å². The number of nitrogens with one attached hydrogen (secondary N) is 1. The summed E-state index contributed by atoms with van der Waals surface area (Å²) in [5, 5.41) is 14.3. The third-order valence-corrected chi connectivity index (χ3v) is 8.01. The van der Waals surface area contributed by atoms with Gasteiger partial charge in [0.05, 0.1) is 10.0 Å². The van der Waals surface area contributed by atoms with E-state index in [1.54, 1.807) is 12.4 Å². The lowest BCUT2D eigenvalue weighted by Gasteiger charge is -2.03. The van der Waals surface area contributed by atoms with Crippen LogP contribution in [-0.2, 0) is 6.54 Å². The molecule has 0 aliphatic carbocycles. The zero-order chi connectivity index (χ0) is 23.4. The molecule has 2 aromatic carbocycles. The molecule has 0 saturated carbocycles. The number of rotatable bonds is 4. The Hall–Kier alpha value is -2.97. The smallest absolute Gasteiger partial charge is 0.347 e. The van der Waals surface area contributed by atoms with E-state index < -0.39 is 5.97 Å². The standard InChI is InChI=1S/C15H11ClN2OS.C9H5ClO2S/c16-13-11-3-1-2-4-12(11)20-14(13)15(19)18-9-10-5-7-17-8-6-10;10-7-5-3-1-2-4-6(5)13-8(7)9(11)12/h1-8H,9H2,(H,18,19);1-4H,(H,11,12). The number of fused-ring (bicyclic) bond motifs is 2. The van der Waals surface area contributed by atoms with Crippen LogP contribution in [0.3, 0.4) is 0 Å². The van der Waals surface area contributed by atoms with Crippen LogP contribution in [0.25, 0.3) is 20.2 Å². The van der Waals surface area contributed by atoms with Gasteiger partial charge in [-0.2, -0.15) is 0 Å². The molecule has 3 aromatic heterocycles. The number of pyridine rings is 1. The normalized spacial score (nSPS) is 10.6. The Kier molecular flexibility index (Phi) is 7.25. The first-order chi connectivity index (χ1) is 16.0. The molecule has 5 aromatic rings. The second-order valence-corrected chi connectivity index (χ2v) is 9.69. The number of carbonyl (C=O) groups is 2. The SMILES string of the molecule is O=C(NCc1ccncc1)c1sc2ccccc2c1Cl.O=C(O)c1sc2ccccc2c1Cl. The van der Waals surface area contributed by atoms with Crippen molar-refractivity contribution in [2.24, 2.45) is 0 Å². The summed E-state index contributed by atoms with van der Waals surface area (Å²) in [6.07, 6.45) is 3.40. The number of aromatic carboxylic acids is 1. The topological polar surface area (TPSA) is 79.3 Å². The summed E-state index contributed by atoms with van der Waals surface area (Å²) < 4.78 is 1.93. The summed E-state index contributed by atoms with van der Waals surface area (Å²) in [5.74, 6) is -1.11. The van der Waals surface area contributed by atoms with Gasteiger partial charge in [0.15, 0.2) is 0 Å². The number of carboxylic acid groups (broad SMARTS) is 1. The molecule has 0 bridgehead atoms. The van der Waals surface area contributed by atoms with Crippen LogP contribution < -0.4 is 5.32 Å². The van der Waals surface area contributed by atoms with E-state index in [1.165, 1.54) is 22.7 Å². The number of nitrogens with zero attached hydrogens (tertiary/aromatic N) is 1. The Morgan fingerprint density at radius 2 is 1.33 bits per heavy atom. The highest BCUT2D eigenvalue weighted by molar-refractivity contribution is 7.22.